The molecule has 0 aliphatic heterocycles. The highest BCUT2D eigenvalue weighted by Crippen LogP contribution is 2.32. The number of halogens is 4. The molecule has 17 heavy (non-hydrogen) atoms. The Hall–Kier alpha value is -0.720. The molecule has 0 aliphatic carbocycles. The molecule has 0 saturated carbocycles. The van der Waals surface area contributed by atoms with Gasteiger partial charge in [0.1, 0.15) is 22.4 Å². The van der Waals surface area contributed by atoms with Gasteiger partial charge in [0.2, 0.25) is 5.88 Å². The Morgan fingerprint density at radius 3 is 2.65 bits per heavy atom. The fourth-order valence-corrected chi connectivity index (χ4v) is 1.96. The van der Waals surface area contributed by atoms with Crippen LogP contribution in [-0.4, -0.2) is 9.97 Å². The number of nitrogens with zero attached hydrogens (tertiary/aromatic N) is 2. The van der Waals surface area contributed by atoms with Crippen LogP contribution in [0.4, 0.5) is 4.39 Å². The summed E-state index contributed by atoms with van der Waals surface area (Å²) in [6.45, 7) is 0. The Bertz CT molecular complexity index is 548. The van der Waals surface area contributed by atoms with Crippen molar-refractivity contribution in [2.24, 2.45) is 0 Å². The Labute approximate surface area is 118 Å². The highest BCUT2D eigenvalue weighted by Gasteiger charge is 2.10. The summed E-state index contributed by atoms with van der Waals surface area (Å²) >= 11 is 12.1. The highest BCUT2D eigenvalue weighted by atomic mass is 79.9. The van der Waals surface area contributed by atoms with Gasteiger partial charge in [0.25, 0.3) is 0 Å². The highest BCUT2D eigenvalue weighted by molar-refractivity contribution is 9.10. The summed E-state index contributed by atoms with van der Waals surface area (Å²) < 4.78 is 19.5. The summed E-state index contributed by atoms with van der Waals surface area (Å²) in [6, 6.07) is 4.19. The molecule has 3 nitrogen and oxygen atoms in total. The first kappa shape index (κ1) is 12.7. The molecular weight excluding hydrogens is 378 g/mol. The van der Waals surface area contributed by atoms with Crippen molar-refractivity contribution in [1.29, 1.82) is 0 Å². The van der Waals surface area contributed by atoms with Crippen molar-refractivity contribution in [2.75, 3.05) is 0 Å². The zero-order valence-corrected chi connectivity index (χ0v) is 12.1. The van der Waals surface area contributed by atoms with E-state index in [4.69, 9.17) is 16.3 Å². The third-order valence-electron chi connectivity index (χ3n) is 1.77. The van der Waals surface area contributed by atoms with Crippen LogP contribution in [0.1, 0.15) is 0 Å². The normalized spacial score (nSPS) is 10.4. The summed E-state index contributed by atoms with van der Waals surface area (Å²) in [4.78, 5) is 7.65. The molecule has 7 heteroatoms. The molecule has 1 aromatic carbocycles. The second-order valence-corrected chi connectivity index (χ2v) is 5.06. The zero-order chi connectivity index (χ0) is 12.4. The van der Waals surface area contributed by atoms with Gasteiger partial charge in [-0.05, 0) is 28.1 Å². The summed E-state index contributed by atoms with van der Waals surface area (Å²) in [5.41, 5.74) is 0. The quantitative estimate of drug-likeness (QED) is 0.713. The van der Waals surface area contributed by atoms with Crippen LogP contribution in [0.15, 0.2) is 33.5 Å². The monoisotopic (exact) mass is 380 g/mol. The minimum absolute atomic E-state index is 0.225. The van der Waals surface area contributed by atoms with E-state index in [0.717, 1.165) is 0 Å². The van der Waals surface area contributed by atoms with Crippen molar-refractivity contribution in [2.45, 2.75) is 0 Å². The van der Waals surface area contributed by atoms with Crippen LogP contribution in [0, 0.1) is 5.82 Å². The molecule has 0 fully saturated rings. The molecule has 88 valence electrons. The molecule has 0 saturated heterocycles. The summed E-state index contributed by atoms with van der Waals surface area (Å²) in [5.74, 6) is 0.125. The second kappa shape index (κ2) is 5.29. The Morgan fingerprint density at radius 2 is 1.94 bits per heavy atom. The standard InChI is InChI=1S/C10H4Br2ClFN2O/c11-5-1-6(14)3-7(2-5)17-10-8(12)9(13)15-4-16-10/h1-4H. The SMILES string of the molecule is Fc1cc(Br)cc(Oc2ncnc(Cl)c2Br)c1. The predicted molar refractivity (Wildman–Crippen MR) is 68.9 cm³/mol. The van der Waals surface area contributed by atoms with Gasteiger partial charge in [-0.15, -0.1) is 0 Å². The first-order valence-electron chi connectivity index (χ1n) is 4.36. The molecule has 0 radical (unpaired) electrons. The number of hydrogen-bond acceptors (Lipinski definition) is 3. The van der Waals surface area contributed by atoms with Crippen molar-refractivity contribution in [3.05, 3.63) is 44.4 Å². The number of rotatable bonds is 2. The first-order valence-corrected chi connectivity index (χ1v) is 6.32. The van der Waals surface area contributed by atoms with Crippen LogP contribution >= 0.6 is 43.5 Å². The number of benzene rings is 1. The molecule has 0 unspecified atom stereocenters. The molecule has 2 rings (SSSR count). The van der Waals surface area contributed by atoms with E-state index in [-0.39, 0.29) is 11.0 Å². The summed E-state index contributed by atoms with van der Waals surface area (Å²) in [5, 5.41) is 0.227. The van der Waals surface area contributed by atoms with Gasteiger partial charge in [-0.25, -0.2) is 14.4 Å². The lowest BCUT2D eigenvalue weighted by molar-refractivity contribution is 0.453. The third kappa shape index (κ3) is 3.14. The van der Waals surface area contributed by atoms with Gasteiger partial charge in [0, 0.05) is 10.5 Å². The lowest BCUT2D eigenvalue weighted by Gasteiger charge is -2.07. The molecule has 0 amide bonds. The zero-order valence-electron chi connectivity index (χ0n) is 8.12. The molecule has 1 heterocycles. The largest absolute Gasteiger partial charge is 0.438 e. The van der Waals surface area contributed by atoms with Gasteiger partial charge in [-0.2, -0.15) is 0 Å². The van der Waals surface area contributed by atoms with Crippen LogP contribution in [0.3, 0.4) is 0 Å². The van der Waals surface area contributed by atoms with Crippen molar-refractivity contribution < 1.29 is 9.13 Å². The van der Waals surface area contributed by atoms with Gasteiger partial charge in [-0.3, -0.25) is 0 Å². The maximum atomic E-state index is 13.1. The Balaban J connectivity index is 2.34. The average Bonchev–Trinajstić information content (AvgIpc) is 2.23. The van der Waals surface area contributed by atoms with Crippen molar-refractivity contribution >= 4 is 43.5 Å². The molecule has 1 aromatic heterocycles. The smallest absolute Gasteiger partial charge is 0.238 e. The fraction of sp³-hybridized carbons (Fsp3) is 0. The average molecular weight is 382 g/mol. The molecule has 2 aromatic rings. The number of hydrogen-bond donors (Lipinski definition) is 0. The summed E-state index contributed by atoms with van der Waals surface area (Å²) in [6.07, 6.45) is 1.26. The molecule has 0 atom stereocenters. The van der Waals surface area contributed by atoms with E-state index in [0.29, 0.717) is 14.7 Å². The minimum atomic E-state index is -0.411. The van der Waals surface area contributed by atoms with Crippen LogP contribution in [0.2, 0.25) is 5.15 Å². The van der Waals surface area contributed by atoms with Crippen molar-refractivity contribution in [3.63, 3.8) is 0 Å². The van der Waals surface area contributed by atoms with Crippen molar-refractivity contribution in [1.82, 2.24) is 9.97 Å². The van der Waals surface area contributed by atoms with Crippen LogP contribution in [0.25, 0.3) is 0 Å². The Morgan fingerprint density at radius 1 is 1.18 bits per heavy atom. The lowest BCUT2D eigenvalue weighted by atomic mass is 10.3. The van der Waals surface area contributed by atoms with Crippen LogP contribution in [-0.2, 0) is 0 Å². The van der Waals surface area contributed by atoms with E-state index in [1.54, 1.807) is 6.07 Å². The van der Waals surface area contributed by atoms with E-state index < -0.39 is 5.82 Å². The number of aromatic nitrogens is 2. The molecule has 0 aliphatic rings. The van der Waals surface area contributed by atoms with Gasteiger partial charge in [0.05, 0.1) is 0 Å². The molecular formula is C10H4Br2ClFN2O. The lowest BCUT2D eigenvalue weighted by Crippen LogP contribution is -1.92. The molecule has 0 bridgehead atoms. The van der Waals surface area contributed by atoms with E-state index >= 15 is 0 Å². The van der Waals surface area contributed by atoms with Crippen molar-refractivity contribution in [3.8, 4) is 11.6 Å². The minimum Gasteiger partial charge on any atom is -0.438 e. The second-order valence-electron chi connectivity index (χ2n) is 2.99. The number of ether oxygens (including phenoxy) is 1. The maximum Gasteiger partial charge on any atom is 0.238 e. The first-order chi connectivity index (χ1) is 8.06. The Kier molecular flexibility index (Phi) is 3.96. The third-order valence-corrected chi connectivity index (χ3v) is 3.45. The van der Waals surface area contributed by atoms with E-state index in [9.17, 15) is 4.39 Å². The van der Waals surface area contributed by atoms with Gasteiger partial charge >= 0.3 is 0 Å². The van der Waals surface area contributed by atoms with E-state index in [1.807, 2.05) is 0 Å². The van der Waals surface area contributed by atoms with E-state index in [2.05, 4.69) is 41.8 Å². The molecule has 0 spiro atoms. The predicted octanol–water partition coefficient (Wildman–Crippen LogP) is 4.59. The van der Waals surface area contributed by atoms with Gasteiger partial charge in [0.15, 0.2) is 5.15 Å². The summed E-state index contributed by atoms with van der Waals surface area (Å²) in [7, 11) is 0. The maximum absolute atomic E-state index is 13.1. The van der Waals surface area contributed by atoms with E-state index in [1.165, 1.54) is 18.5 Å². The van der Waals surface area contributed by atoms with Gasteiger partial charge < -0.3 is 4.74 Å². The van der Waals surface area contributed by atoms with Crippen LogP contribution in [0.5, 0.6) is 11.6 Å². The molecule has 0 N–H and O–H groups in total. The fourth-order valence-electron chi connectivity index (χ4n) is 1.10. The van der Waals surface area contributed by atoms with Crippen LogP contribution < -0.4 is 4.74 Å². The topological polar surface area (TPSA) is 35.0 Å². The van der Waals surface area contributed by atoms with Gasteiger partial charge in [-0.1, -0.05) is 27.5 Å².